The van der Waals surface area contributed by atoms with E-state index in [1.54, 1.807) is 41.7 Å². The van der Waals surface area contributed by atoms with E-state index in [1.165, 1.54) is 6.07 Å². The minimum atomic E-state index is -0.236. The molecule has 0 atom stereocenters. The first kappa shape index (κ1) is 16.7. The van der Waals surface area contributed by atoms with E-state index >= 15 is 0 Å². The molecule has 6 heteroatoms. The van der Waals surface area contributed by atoms with E-state index in [4.69, 9.17) is 11.6 Å². The zero-order valence-electron chi connectivity index (χ0n) is 13.5. The SMILES string of the molecule is O=C(c1ccc(Cl)cc1)c1cc(Cc2ccc(=O)[nH]n2)cc2ccsc12. The van der Waals surface area contributed by atoms with Crippen LogP contribution in [0, 0.1) is 0 Å². The molecule has 1 N–H and O–H groups in total. The number of aromatic amines is 1. The van der Waals surface area contributed by atoms with E-state index < -0.39 is 0 Å². The molecular weight excluding hydrogens is 368 g/mol. The van der Waals surface area contributed by atoms with E-state index in [1.807, 2.05) is 17.5 Å². The average molecular weight is 381 g/mol. The van der Waals surface area contributed by atoms with E-state index in [2.05, 4.69) is 16.3 Å². The number of thiophene rings is 1. The van der Waals surface area contributed by atoms with Crippen LogP contribution in [-0.2, 0) is 6.42 Å². The molecule has 4 nitrogen and oxygen atoms in total. The lowest BCUT2D eigenvalue weighted by Gasteiger charge is -2.07. The van der Waals surface area contributed by atoms with Crippen LogP contribution in [0.15, 0.2) is 64.8 Å². The van der Waals surface area contributed by atoms with Gasteiger partial charge in [-0.2, -0.15) is 5.10 Å². The van der Waals surface area contributed by atoms with Gasteiger partial charge in [0.1, 0.15) is 0 Å². The molecule has 128 valence electrons. The molecule has 2 aromatic heterocycles. The molecule has 0 spiro atoms. The predicted octanol–water partition coefficient (Wildman–Crippen LogP) is 4.46. The fourth-order valence-electron chi connectivity index (χ4n) is 2.85. The highest BCUT2D eigenvalue weighted by atomic mass is 35.5. The molecule has 4 aromatic rings. The fourth-order valence-corrected chi connectivity index (χ4v) is 3.87. The number of halogens is 1. The summed E-state index contributed by atoms with van der Waals surface area (Å²) < 4.78 is 0.961. The quantitative estimate of drug-likeness (QED) is 0.531. The molecule has 0 aliphatic rings. The highest BCUT2D eigenvalue weighted by Crippen LogP contribution is 2.29. The van der Waals surface area contributed by atoms with Crippen LogP contribution in [0.3, 0.4) is 0 Å². The van der Waals surface area contributed by atoms with Gasteiger partial charge < -0.3 is 0 Å². The molecule has 26 heavy (non-hydrogen) atoms. The molecule has 2 aromatic carbocycles. The number of nitrogens with one attached hydrogen (secondary N) is 1. The van der Waals surface area contributed by atoms with Crippen molar-refractivity contribution in [2.75, 3.05) is 0 Å². The van der Waals surface area contributed by atoms with Gasteiger partial charge in [-0.1, -0.05) is 11.6 Å². The Kier molecular flexibility index (Phi) is 4.41. The van der Waals surface area contributed by atoms with Crippen molar-refractivity contribution in [2.45, 2.75) is 6.42 Å². The number of hydrogen-bond acceptors (Lipinski definition) is 4. The smallest absolute Gasteiger partial charge is 0.264 e. The van der Waals surface area contributed by atoms with Gasteiger partial charge in [0.25, 0.3) is 5.56 Å². The van der Waals surface area contributed by atoms with Crippen LogP contribution in [0.4, 0.5) is 0 Å². The number of nitrogens with zero attached hydrogens (tertiary/aromatic N) is 1. The number of hydrogen-bond donors (Lipinski definition) is 1. The molecule has 0 aliphatic heterocycles. The third kappa shape index (κ3) is 3.31. The van der Waals surface area contributed by atoms with Gasteiger partial charge in [-0.3, -0.25) is 9.59 Å². The first-order valence-corrected chi connectivity index (χ1v) is 9.21. The molecule has 0 fully saturated rings. The van der Waals surface area contributed by atoms with Crippen molar-refractivity contribution in [1.82, 2.24) is 10.2 Å². The molecule has 0 radical (unpaired) electrons. The van der Waals surface area contributed by atoms with E-state index in [-0.39, 0.29) is 11.3 Å². The average Bonchev–Trinajstić information content (AvgIpc) is 3.11. The lowest BCUT2D eigenvalue weighted by Crippen LogP contribution is -2.08. The number of ketones is 1. The molecule has 0 bridgehead atoms. The van der Waals surface area contributed by atoms with Crippen LogP contribution in [0.1, 0.15) is 27.2 Å². The Bertz CT molecular complexity index is 1140. The van der Waals surface area contributed by atoms with Crippen molar-refractivity contribution in [3.63, 3.8) is 0 Å². The minimum Gasteiger partial charge on any atom is -0.289 e. The predicted molar refractivity (Wildman–Crippen MR) is 104 cm³/mol. The summed E-state index contributed by atoms with van der Waals surface area (Å²) in [5.74, 6) is -0.0367. The highest BCUT2D eigenvalue weighted by molar-refractivity contribution is 7.17. The number of fused-ring (bicyclic) bond motifs is 1. The number of aromatic nitrogens is 2. The number of carbonyl (C=O) groups is 1. The first-order valence-electron chi connectivity index (χ1n) is 7.95. The third-order valence-electron chi connectivity index (χ3n) is 4.08. The summed E-state index contributed by atoms with van der Waals surface area (Å²) in [6.45, 7) is 0. The maximum atomic E-state index is 13.0. The zero-order chi connectivity index (χ0) is 18.1. The van der Waals surface area contributed by atoms with Gasteiger partial charge >= 0.3 is 0 Å². The van der Waals surface area contributed by atoms with Gasteiger partial charge in [-0.05, 0) is 64.9 Å². The fraction of sp³-hybridized carbons (Fsp3) is 0.0500. The lowest BCUT2D eigenvalue weighted by atomic mass is 9.98. The van der Waals surface area contributed by atoms with Gasteiger partial charge in [-0.15, -0.1) is 11.3 Å². The van der Waals surface area contributed by atoms with Crippen molar-refractivity contribution in [3.05, 3.63) is 97.7 Å². The number of benzene rings is 2. The van der Waals surface area contributed by atoms with E-state index in [0.717, 1.165) is 21.3 Å². The monoisotopic (exact) mass is 380 g/mol. The largest absolute Gasteiger partial charge is 0.289 e. The highest BCUT2D eigenvalue weighted by Gasteiger charge is 2.15. The maximum Gasteiger partial charge on any atom is 0.264 e. The van der Waals surface area contributed by atoms with Crippen molar-refractivity contribution in [2.24, 2.45) is 0 Å². The van der Waals surface area contributed by atoms with Crippen molar-refractivity contribution in [1.29, 1.82) is 0 Å². The van der Waals surface area contributed by atoms with Crippen LogP contribution in [0.25, 0.3) is 10.1 Å². The Hall–Kier alpha value is -2.76. The molecule has 0 saturated heterocycles. The summed E-state index contributed by atoms with van der Waals surface area (Å²) in [5.41, 5.74) is 2.74. The van der Waals surface area contributed by atoms with Crippen molar-refractivity contribution in [3.8, 4) is 0 Å². The van der Waals surface area contributed by atoms with Crippen LogP contribution in [0.2, 0.25) is 5.02 Å². The summed E-state index contributed by atoms with van der Waals surface area (Å²) in [4.78, 5) is 24.2. The third-order valence-corrected chi connectivity index (χ3v) is 5.30. The minimum absolute atomic E-state index is 0.0367. The van der Waals surface area contributed by atoms with Gasteiger partial charge in [0.2, 0.25) is 0 Å². The molecule has 0 saturated carbocycles. The zero-order valence-corrected chi connectivity index (χ0v) is 15.1. The summed E-state index contributed by atoms with van der Waals surface area (Å²) >= 11 is 7.47. The van der Waals surface area contributed by atoms with Crippen LogP contribution < -0.4 is 5.56 Å². The van der Waals surface area contributed by atoms with Gasteiger partial charge in [-0.25, -0.2) is 5.10 Å². The number of H-pyrrole nitrogens is 1. The molecule has 2 heterocycles. The summed E-state index contributed by atoms with van der Waals surface area (Å²) in [5, 5.41) is 10.1. The summed E-state index contributed by atoms with van der Waals surface area (Å²) in [6.07, 6.45) is 0.531. The Morgan fingerprint density at radius 2 is 1.88 bits per heavy atom. The van der Waals surface area contributed by atoms with E-state index in [9.17, 15) is 9.59 Å². The Morgan fingerprint density at radius 1 is 1.08 bits per heavy atom. The van der Waals surface area contributed by atoms with Gasteiger partial charge in [0, 0.05) is 33.3 Å². The second-order valence-corrected chi connectivity index (χ2v) is 7.26. The molecule has 0 aliphatic carbocycles. The standard InChI is InChI=1S/C20H13ClN2O2S/c21-15-3-1-13(2-4-15)19(25)17-11-12(9-14-7-8-26-20(14)17)10-16-5-6-18(24)23-22-16/h1-9,11H,10H2,(H,23,24). The summed E-state index contributed by atoms with van der Waals surface area (Å²) in [6, 6.07) is 16.0. The van der Waals surface area contributed by atoms with Crippen molar-refractivity contribution < 1.29 is 4.79 Å². The number of carbonyl (C=O) groups excluding carboxylic acids is 1. The van der Waals surface area contributed by atoms with E-state index in [0.29, 0.717) is 22.6 Å². The van der Waals surface area contributed by atoms with Gasteiger partial charge in [0.05, 0.1) is 5.69 Å². The molecular formula is C20H13ClN2O2S. The molecule has 4 rings (SSSR count). The topological polar surface area (TPSA) is 62.8 Å². The molecule has 0 amide bonds. The van der Waals surface area contributed by atoms with Crippen LogP contribution in [-0.4, -0.2) is 16.0 Å². The van der Waals surface area contributed by atoms with Crippen LogP contribution >= 0.6 is 22.9 Å². The molecule has 0 unspecified atom stereocenters. The van der Waals surface area contributed by atoms with Crippen LogP contribution in [0.5, 0.6) is 0 Å². The normalized spacial score (nSPS) is 11.0. The Balaban J connectivity index is 1.77. The Labute approximate surface area is 158 Å². The second-order valence-electron chi connectivity index (χ2n) is 5.91. The second kappa shape index (κ2) is 6.86. The van der Waals surface area contributed by atoms with Crippen molar-refractivity contribution >= 4 is 38.8 Å². The summed E-state index contributed by atoms with van der Waals surface area (Å²) in [7, 11) is 0. The lowest BCUT2D eigenvalue weighted by molar-refractivity contribution is 0.104. The first-order chi connectivity index (χ1) is 12.6. The Morgan fingerprint density at radius 3 is 2.62 bits per heavy atom. The number of rotatable bonds is 4. The maximum absolute atomic E-state index is 13.0. The van der Waals surface area contributed by atoms with Gasteiger partial charge in [0.15, 0.2) is 5.78 Å².